The SMILES string of the molecule is COC1CCCCC1C1(C)OC1CC=C(C)C.O=C(O)N1CC(CCC2CCN(CC(F)F)CC2)C1. The van der Waals surface area contributed by atoms with Crippen molar-refractivity contribution >= 4 is 6.09 Å². The van der Waals surface area contributed by atoms with Crippen LogP contribution in [0.2, 0.25) is 0 Å². The lowest BCUT2D eigenvalue weighted by molar-refractivity contribution is -0.00777. The van der Waals surface area contributed by atoms with Crippen molar-refractivity contribution in [3.63, 3.8) is 0 Å². The minimum atomic E-state index is -2.23. The average molecular weight is 515 g/mol. The van der Waals surface area contributed by atoms with Gasteiger partial charge in [-0.2, -0.15) is 0 Å². The molecular formula is C28H48F2N2O4. The zero-order chi connectivity index (χ0) is 26.3. The zero-order valence-electron chi connectivity index (χ0n) is 22.8. The second kappa shape index (κ2) is 13.5. The summed E-state index contributed by atoms with van der Waals surface area (Å²) in [4.78, 5) is 13.9. The van der Waals surface area contributed by atoms with E-state index in [-0.39, 0.29) is 12.1 Å². The van der Waals surface area contributed by atoms with E-state index in [0.717, 1.165) is 45.2 Å². The number of alkyl halides is 2. The largest absolute Gasteiger partial charge is 0.465 e. The van der Waals surface area contributed by atoms with Crippen molar-refractivity contribution in [1.82, 2.24) is 9.80 Å². The van der Waals surface area contributed by atoms with E-state index in [2.05, 4.69) is 26.8 Å². The Morgan fingerprint density at radius 3 is 2.33 bits per heavy atom. The summed E-state index contributed by atoms with van der Waals surface area (Å²) in [6.07, 6.45) is 10.4. The molecule has 0 spiro atoms. The van der Waals surface area contributed by atoms with Gasteiger partial charge in [0.2, 0.25) is 0 Å². The van der Waals surface area contributed by atoms with Gasteiger partial charge in [-0.25, -0.2) is 13.6 Å². The third kappa shape index (κ3) is 8.38. The molecule has 0 radical (unpaired) electrons. The van der Waals surface area contributed by atoms with Gasteiger partial charge in [-0.3, -0.25) is 4.90 Å². The number of rotatable bonds is 9. The fraction of sp³-hybridized carbons (Fsp3) is 0.893. The molecule has 3 heterocycles. The summed E-state index contributed by atoms with van der Waals surface area (Å²) in [6.45, 7) is 9.37. The molecule has 4 aliphatic rings. The van der Waals surface area contributed by atoms with Crippen molar-refractivity contribution in [2.75, 3.05) is 39.8 Å². The maximum Gasteiger partial charge on any atom is 0.407 e. The Morgan fingerprint density at radius 2 is 1.75 bits per heavy atom. The maximum atomic E-state index is 12.2. The number of methoxy groups -OCH3 is 1. The highest BCUT2D eigenvalue weighted by Gasteiger charge is 2.58. The van der Waals surface area contributed by atoms with E-state index in [9.17, 15) is 13.6 Å². The van der Waals surface area contributed by atoms with Gasteiger partial charge in [-0.15, -0.1) is 0 Å². The highest BCUT2D eigenvalue weighted by atomic mass is 19.3. The molecule has 0 aromatic heterocycles. The van der Waals surface area contributed by atoms with Gasteiger partial charge in [0.05, 0.1) is 24.4 Å². The highest BCUT2D eigenvalue weighted by molar-refractivity contribution is 5.65. The molecule has 4 unspecified atom stereocenters. The number of carbonyl (C=O) groups is 1. The number of halogens is 2. The first-order valence-corrected chi connectivity index (χ1v) is 13.9. The van der Waals surface area contributed by atoms with Crippen LogP contribution < -0.4 is 0 Å². The minimum absolute atomic E-state index is 0.0764. The number of likely N-dealkylation sites (tertiary alicyclic amines) is 2. The van der Waals surface area contributed by atoms with Crippen LogP contribution in [0.5, 0.6) is 0 Å². The third-order valence-electron chi connectivity index (χ3n) is 8.77. The summed E-state index contributed by atoms with van der Waals surface area (Å²) in [6, 6.07) is 0. The van der Waals surface area contributed by atoms with Gasteiger partial charge in [0.1, 0.15) is 0 Å². The molecule has 8 heteroatoms. The maximum absolute atomic E-state index is 12.2. The van der Waals surface area contributed by atoms with Crippen LogP contribution in [0.1, 0.15) is 78.6 Å². The van der Waals surface area contributed by atoms with Crippen molar-refractivity contribution in [2.45, 2.75) is 103 Å². The Bertz CT molecular complexity index is 718. The summed E-state index contributed by atoms with van der Waals surface area (Å²) in [7, 11) is 1.85. The second-order valence-corrected chi connectivity index (χ2v) is 11.7. The molecule has 4 rings (SSSR count). The molecule has 0 aromatic rings. The number of allylic oxidation sites excluding steroid dienone is 1. The van der Waals surface area contributed by atoms with Crippen LogP contribution >= 0.6 is 0 Å². The van der Waals surface area contributed by atoms with Crippen LogP contribution in [0.3, 0.4) is 0 Å². The molecule has 0 bridgehead atoms. The van der Waals surface area contributed by atoms with E-state index in [1.807, 2.05) is 12.0 Å². The van der Waals surface area contributed by atoms with Crippen LogP contribution in [0.15, 0.2) is 11.6 Å². The van der Waals surface area contributed by atoms with Crippen molar-refractivity contribution < 1.29 is 28.2 Å². The molecule has 208 valence electrons. The van der Waals surface area contributed by atoms with Gasteiger partial charge in [0, 0.05) is 26.1 Å². The Labute approximate surface area is 216 Å². The molecule has 6 nitrogen and oxygen atoms in total. The zero-order valence-corrected chi connectivity index (χ0v) is 22.8. The van der Waals surface area contributed by atoms with Gasteiger partial charge in [-0.05, 0) is 90.6 Å². The molecule has 0 aromatic carbocycles. The molecular weight excluding hydrogens is 466 g/mol. The first-order chi connectivity index (χ1) is 17.1. The predicted molar refractivity (Wildman–Crippen MR) is 138 cm³/mol. The average Bonchev–Trinajstić information content (AvgIpc) is 3.48. The number of hydrogen-bond donors (Lipinski definition) is 1. The lowest BCUT2D eigenvalue weighted by atomic mass is 9.76. The summed E-state index contributed by atoms with van der Waals surface area (Å²) in [5, 5.41) is 8.73. The van der Waals surface area contributed by atoms with Gasteiger partial charge >= 0.3 is 6.09 Å². The fourth-order valence-electron chi connectivity index (χ4n) is 6.29. The lowest BCUT2D eigenvalue weighted by Gasteiger charge is -2.38. The molecule has 4 fully saturated rings. The number of ether oxygens (including phenoxy) is 2. The molecule has 36 heavy (non-hydrogen) atoms. The molecule has 1 aliphatic carbocycles. The van der Waals surface area contributed by atoms with Crippen LogP contribution in [0.4, 0.5) is 13.6 Å². The minimum Gasteiger partial charge on any atom is -0.465 e. The third-order valence-corrected chi connectivity index (χ3v) is 8.77. The lowest BCUT2D eigenvalue weighted by Crippen LogP contribution is -2.49. The standard InChI is InChI=1S/C15H26O2.C13H22F2N2O2/c1-11(2)9-10-14-15(3,17-14)12-7-5-6-8-13(12)16-4;14-12(15)9-16-5-3-10(4-6-16)1-2-11-7-17(8-11)13(18)19/h9,12-14H,5-8,10H2,1-4H3;10-12H,1-9H2,(H,18,19). The monoisotopic (exact) mass is 514 g/mol. The number of piperidine rings is 1. The summed E-state index contributed by atoms with van der Waals surface area (Å²) in [5.41, 5.74) is 1.46. The van der Waals surface area contributed by atoms with Gasteiger partial charge in [-0.1, -0.05) is 24.5 Å². The Balaban J connectivity index is 0.000000202. The summed E-state index contributed by atoms with van der Waals surface area (Å²) < 4.78 is 36.1. The van der Waals surface area contributed by atoms with Crippen molar-refractivity contribution in [3.8, 4) is 0 Å². The Hall–Kier alpha value is -1.25. The highest BCUT2D eigenvalue weighted by Crippen LogP contribution is 2.50. The molecule has 1 N–H and O–H groups in total. The topological polar surface area (TPSA) is 65.5 Å². The molecule has 4 atom stereocenters. The number of carboxylic acid groups (broad SMARTS) is 1. The van der Waals surface area contributed by atoms with E-state index in [1.165, 1.54) is 36.2 Å². The van der Waals surface area contributed by atoms with Crippen LogP contribution in [0.25, 0.3) is 0 Å². The Morgan fingerprint density at radius 1 is 1.11 bits per heavy atom. The van der Waals surface area contributed by atoms with Gasteiger partial charge in [0.15, 0.2) is 0 Å². The predicted octanol–water partition coefficient (Wildman–Crippen LogP) is 6.06. The smallest absolute Gasteiger partial charge is 0.407 e. The first kappa shape index (κ1) is 29.3. The number of epoxide rings is 1. The normalized spacial score (nSPS) is 31.4. The van der Waals surface area contributed by atoms with E-state index >= 15 is 0 Å². The van der Waals surface area contributed by atoms with Gasteiger partial charge in [0.25, 0.3) is 6.43 Å². The van der Waals surface area contributed by atoms with Crippen molar-refractivity contribution in [1.29, 1.82) is 0 Å². The van der Waals surface area contributed by atoms with Crippen LogP contribution in [-0.2, 0) is 9.47 Å². The summed E-state index contributed by atoms with van der Waals surface area (Å²) in [5.74, 6) is 1.74. The van der Waals surface area contributed by atoms with Crippen LogP contribution in [0, 0.1) is 17.8 Å². The van der Waals surface area contributed by atoms with E-state index < -0.39 is 12.5 Å². The molecule has 1 amide bonds. The van der Waals surface area contributed by atoms with E-state index in [4.69, 9.17) is 14.6 Å². The van der Waals surface area contributed by atoms with Crippen molar-refractivity contribution in [2.24, 2.45) is 17.8 Å². The van der Waals surface area contributed by atoms with Crippen molar-refractivity contribution in [3.05, 3.63) is 11.6 Å². The quantitative estimate of drug-likeness (QED) is 0.299. The Kier molecular flexibility index (Phi) is 11.0. The summed E-state index contributed by atoms with van der Waals surface area (Å²) >= 11 is 0. The fourth-order valence-corrected chi connectivity index (χ4v) is 6.29. The first-order valence-electron chi connectivity index (χ1n) is 13.9. The van der Waals surface area contributed by atoms with Gasteiger partial charge < -0.3 is 19.5 Å². The number of amides is 1. The molecule has 3 saturated heterocycles. The second-order valence-electron chi connectivity index (χ2n) is 11.7. The molecule has 3 aliphatic heterocycles. The van der Waals surface area contributed by atoms with E-state index in [1.54, 1.807) is 0 Å². The molecule has 1 saturated carbocycles. The number of nitrogens with zero attached hydrogens (tertiary/aromatic N) is 2. The number of hydrogen-bond acceptors (Lipinski definition) is 4. The van der Waals surface area contributed by atoms with E-state index in [0.29, 0.717) is 43.1 Å². The van der Waals surface area contributed by atoms with Crippen LogP contribution in [-0.4, -0.2) is 85.1 Å².